The SMILES string of the molecule is CC/C=C\C/C=C\C/C=C\C/C=C\CCCCC(=O)OCC(COC(=O)CCCCCCCCCCCCCCC/C=C\CCCCCCCCCC)OC(=O)CCCCCCCCC/C=C\CCCCCCCC. The standard InChI is InChI=1S/C69H122O6/c1-4-7-10-13-16-19-22-25-28-30-31-32-33-34-35-36-37-39-41-44-47-50-53-56-59-62-68(71)74-65-66(64-73-67(70)61-58-55-52-49-46-43-40-27-24-21-18-15-12-9-6-3)75-69(72)63-60-57-54-51-48-45-42-38-29-26-23-20-17-14-11-8-5-2/h9,12,18,21,26-27,29-31,40,46,49,66H,4-8,10-11,13-17,19-20,22-25,28,32-39,41-45,47-48,50-65H2,1-3H3/b12-9-,21-18-,29-26-,31-30-,40-27-,49-46-. The largest absolute Gasteiger partial charge is 0.462 e. The normalized spacial score (nSPS) is 12.5. The zero-order chi connectivity index (χ0) is 54.3. The van der Waals surface area contributed by atoms with Gasteiger partial charge in [-0.3, -0.25) is 14.4 Å². The summed E-state index contributed by atoms with van der Waals surface area (Å²) in [5, 5.41) is 0. The minimum Gasteiger partial charge on any atom is -0.462 e. The Balaban J connectivity index is 4.33. The molecule has 0 radical (unpaired) electrons. The van der Waals surface area contributed by atoms with Crippen molar-refractivity contribution in [3.8, 4) is 0 Å². The van der Waals surface area contributed by atoms with E-state index in [1.165, 1.54) is 205 Å². The summed E-state index contributed by atoms with van der Waals surface area (Å²) in [5.74, 6) is -0.922. The van der Waals surface area contributed by atoms with Gasteiger partial charge in [0, 0.05) is 19.3 Å². The first kappa shape index (κ1) is 71.8. The maximum Gasteiger partial charge on any atom is 0.306 e. The van der Waals surface area contributed by atoms with E-state index >= 15 is 0 Å². The van der Waals surface area contributed by atoms with Crippen molar-refractivity contribution in [2.45, 2.75) is 335 Å². The molecule has 0 aliphatic rings. The van der Waals surface area contributed by atoms with Crippen molar-refractivity contribution in [3.05, 3.63) is 72.9 Å². The fourth-order valence-electron chi connectivity index (χ4n) is 9.31. The molecule has 1 atom stereocenters. The number of carbonyl (C=O) groups excluding carboxylic acids is 3. The number of hydrogen-bond acceptors (Lipinski definition) is 6. The van der Waals surface area contributed by atoms with Gasteiger partial charge in [0.2, 0.25) is 0 Å². The van der Waals surface area contributed by atoms with Gasteiger partial charge in [0.1, 0.15) is 13.2 Å². The lowest BCUT2D eigenvalue weighted by Crippen LogP contribution is -2.30. The molecule has 0 saturated heterocycles. The van der Waals surface area contributed by atoms with Gasteiger partial charge < -0.3 is 14.2 Å². The van der Waals surface area contributed by atoms with Gasteiger partial charge in [-0.1, -0.05) is 273 Å². The molecule has 0 saturated carbocycles. The number of hydrogen-bond donors (Lipinski definition) is 0. The van der Waals surface area contributed by atoms with E-state index in [0.717, 1.165) is 83.5 Å². The van der Waals surface area contributed by atoms with Crippen molar-refractivity contribution in [1.29, 1.82) is 0 Å². The third-order valence-electron chi connectivity index (χ3n) is 14.2. The second kappa shape index (κ2) is 63.4. The van der Waals surface area contributed by atoms with E-state index in [0.29, 0.717) is 19.3 Å². The average molecular weight is 1050 g/mol. The van der Waals surface area contributed by atoms with Crippen LogP contribution >= 0.6 is 0 Å². The van der Waals surface area contributed by atoms with E-state index in [2.05, 4.69) is 93.7 Å². The molecule has 0 aliphatic carbocycles. The molecule has 1 unspecified atom stereocenters. The van der Waals surface area contributed by atoms with E-state index in [-0.39, 0.29) is 31.1 Å². The van der Waals surface area contributed by atoms with Crippen molar-refractivity contribution in [3.63, 3.8) is 0 Å². The predicted molar refractivity (Wildman–Crippen MR) is 325 cm³/mol. The van der Waals surface area contributed by atoms with Gasteiger partial charge in [0.05, 0.1) is 0 Å². The van der Waals surface area contributed by atoms with Crippen LogP contribution in [-0.2, 0) is 28.6 Å². The van der Waals surface area contributed by atoms with Crippen LogP contribution in [-0.4, -0.2) is 37.2 Å². The first-order valence-electron chi connectivity index (χ1n) is 32.4. The molecule has 0 rings (SSSR count). The van der Waals surface area contributed by atoms with Crippen LogP contribution in [0, 0.1) is 0 Å². The van der Waals surface area contributed by atoms with Crippen LogP contribution < -0.4 is 0 Å². The first-order valence-corrected chi connectivity index (χ1v) is 32.4. The van der Waals surface area contributed by atoms with Gasteiger partial charge in [-0.2, -0.15) is 0 Å². The molecular formula is C69H122O6. The Hall–Kier alpha value is -3.15. The zero-order valence-electron chi connectivity index (χ0n) is 49.8. The van der Waals surface area contributed by atoms with Crippen LogP contribution in [0.25, 0.3) is 0 Å². The number of ether oxygens (including phenoxy) is 3. The highest BCUT2D eigenvalue weighted by molar-refractivity contribution is 5.71. The molecule has 0 aliphatic heterocycles. The van der Waals surface area contributed by atoms with Gasteiger partial charge in [-0.15, -0.1) is 0 Å². The van der Waals surface area contributed by atoms with Crippen LogP contribution in [0.15, 0.2) is 72.9 Å². The Labute approximate surface area is 465 Å². The third kappa shape index (κ3) is 61.6. The van der Waals surface area contributed by atoms with Gasteiger partial charge in [0.25, 0.3) is 0 Å². The summed E-state index contributed by atoms with van der Waals surface area (Å²) >= 11 is 0. The predicted octanol–water partition coefficient (Wildman–Crippen LogP) is 22.1. The number of unbranched alkanes of at least 4 members (excludes halogenated alkanes) is 36. The molecule has 6 nitrogen and oxygen atoms in total. The fourth-order valence-corrected chi connectivity index (χ4v) is 9.31. The summed E-state index contributed by atoms with van der Waals surface area (Å²) < 4.78 is 16.9. The van der Waals surface area contributed by atoms with E-state index in [9.17, 15) is 14.4 Å². The molecule has 0 heterocycles. The van der Waals surface area contributed by atoms with E-state index in [1.54, 1.807) is 0 Å². The van der Waals surface area contributed by atoms with Gasteiger partial charge in [-0.25, -0.2) is 0 Å². The van der Waals surface area contributed by atoms with Crippen LogP contribution in [0.3, 0.4) is 0 Å². The summed E-state index contributed by atoms with van der Waals surface area (Å²) in [5.41, 5.74) is 0. The van der Waals surface area contributed by atoms with E-state index < -0.39 is 6.10 Å². The molecule has 0 N–H and O–H groups in total. The van der Waals surface area contributed by atoms with Crippen molar-refractivity contribution >= 4 is 17.9 Å². The Morgan fingerprint density at radius 1 is 0.280 bits per heavy atom. The maximum absolute atomic E-state index is 12.9. The molecule has 0 spiro atoms. The van der Waals surface area contributed by atoms with Gasteiger partial charge >= 0.3 is 17.9 Å². The summed E-state index contributed by atoms with van der Waals surface area (Å²) in [6, 6.07) is 0. The minimum absolute atomic E-state index is 0.0886. The summed E-state index contributed by atoms with van der Waals surface area (Å²) in [6.45, 7) is 6.52. The third-order valence-corrected chi connectivity index (χ3v) is 14.2. The summed E-state index contributed by atoms with van der Waals surface area (Å²) in [4.78, 5) is 38.3. The number of allylic oxidation sites excluding steroid dienone is 12. The molecular weight excluding hydrogens is 925 g/mol. The van der Waals surface area contributed by atoms with Crippen LogP contribution in [0.5, 0.6) is 0 Å². The molecule has 6 heteroatoms. The van der Waals surface area contributed by atoms with Crippen molar-refractivity contribution in [1.82, 2.24) is 0 Å². The van der Waals surface area contributed by atoms with Gasteiger partial charge in [-0.05, 0) is 109 Å². The van der Waals surface area contributed by atoms with Crippen molar-refractivity contribution in [2.24, 2.45) is 0 Å². The lowest BCUT2D eigenvalue weighted by atomic mass is 10.0. The lowest BCUT2D eigenvalue weighted by Gasteiger charge is -2.18. The molecule has 0 fully saturated rings. The molecule has 0 bridgehead atoms. The smallest absolute Gasteiger partial charge is 0.306 e. The zero-order valence-corrected chi connectivity index (χ0v) is 49.8. The molecule has 0 aromatic heterocycles. The van der Waals surface area contributed by atoms with E-state index in [4.69, 9.17) is 14.2 Å². The Kier molecular flexibility index (Phi) is 60.7. The Bertz CT molecular complexity index is 1390. The number of carbonyl (C=O) groups is 3. The van der Waals surface area contributed by atoms with Crippen LogP contribution in [0.4, 0.5) is 0 Å². The Morgan fingerprint density at radius 3 is 0.853 bits per heavy atom. The Morgan fingerprint density at radius 2 is 0.520 bits per heavy atom. The molecule has 75 heavy (non-hydrogen) atoms. The average Bonchev–Trinajstić information content (AvgIpc) is 3.41. The molecule has 0 aromatic rings. The minimum atomic E-state index is -0.795. The van der Waals surface area contributed by atoms with E-state index in [1.807, 2.05) is 0 Å². The maximum atomic E-state index is 12.9. The summed E-state index contributed by atoms with van der Waals surface area (Å²) in [6.07, 6.45) is 82.0. The highest BCUT2D eigenvalue weighted by Crippen LogP contribution is 2.17. The van der Waals surface area contributed by atoms with Crippen LogP contribution in [0.1, 0.15) is 329 Å². The monoisotopic (exact) mass is 1050 g/mol. The highest BCUT2D eigenvalue weighted by atomic mass is 16.6. The highest BCUT2D eigenvalue weighted by Gasteiger charge is 2.19. The topological polar surface area (TPSA) is 78.9 Å². The quantitative estimate of drug-likeness (QED) is 0.0261. The number of esters is 3. The summed E-state index contributed by atoms with van der Waals surface area (Å²) in [7, 11) is 0. The van der Waals surface area contributed by atoms with Crippen molar-refractivity contribution < 1.29 is 28.6 Å². The fraction of sp³-hybridized carbons (Fsp3) is 0.783. The lowest BCUT2D eigenvalue weighted by molar-refractivity contribution is -0.167. The van der Waals surface area contributed by atoms with Gasteiger partial charge in [0.15, 0.2) is 6.10 Å². The second-order valence-electron chi connectivity index (χ2n) is 21.6. The molecule has 434 valence electrons. The molecule has 0 amide bonds. The number of rotatable bonds is 59. The van der Waals surface area contributed by atoms with Crippen molar-refractivity contribution in [2.75, 3.05) is 13.2 Å². The second-order valence-corrected chi connectivity index (χ2v) is 21.6. The first-order chi connectivity index (χ1) is 37.0. The van der Waals surface area contributed by atoms with Crippen LogP contribution in [0.2, 0.25) is 0 Å². The molecule has 0 aromatic carbocycles.